The van der Waals surface area contributed by atoms with Crippen molar-refractivity contribution in [3.63, 3.8) is 0 Å². The number of methoxy groups -OCH3 is 1. The number of hydrogen-bond donors (Lipinski definition) is 0. The van der Waals surface area contributed by atoms with Crippen molar-refractivity contribution < 1.29 is 23.8 Å². The molecule has 0 N–H and O–H groups in total. The molecular weight excluding hydrogens is 370 g/mol. The van der Waals surface area contributed by atoms with Crippen LogP contribution >= 0.6 is 0 Å². The highest BCUT2D eigenvalue weighted by atomic mass is 16.6. The molecule has 2 aromatic carbocycles. The molecular formula is C23H27NO5. The van der Waals surface area contributed by atoms with E-state index in [1.54, 1.807) is 17.0 Å². The molecule has 2 aromatic rings. The first-order valence-corrected chi connectivity index (χ1v) is 9.89. The molecule has 6 nitrogen and oxygen atoms in total. The van der Waals surface area contributed by atoms with Gasteiger partial charge in [-0.15, -0.1) is 0 Å². The summed E-state index contributed by atoms with van der Waals surface area (Å²) in [7, 11) is 1.36. The van der Waals surface area contributed by atoms with Crippen LogP contribution in [-0.4, -0.2) is 43.3 Å². The van der Waals surface area contributed by atoms with Crippen LogP contribution in [-0.2, 0) is 20.8 Å². The molecule has 1 aliphatic heterocycles. The number of esters is 1. The molecule has 0 bridgehead atoms. The maximum atomic E-state index is 12.8. The molecule has 1 saturated heterocycles. The standard InChI is InChI=1S/C23H27NO5/c1-3-28-20-13-14-24(23(26)29-16-17-7-5-4-6-8-17)21(15-20)18-9-11-19(12-10-18)22(25)27-2/h4-12,20-21H,3,13-16H2,1-2H3. The largest absolute Gasteiger partial charge is 0.465 e. The summed E-state index contributed by atoms with van der Waals surface area (Å²) in [5.41, 5.74) is 2.37. The summed E-state index contributed by atoms with van der Waals surface area (Å²) in [5.74, 6) is -0.383. The number of benzene rings is 2. The van der Waals surface area contributed by atoms with Gasteiger partial charge in [-0.05, 0) is 43.0 Å². The zero-order chi connectivity index (χ0) is 20.6. The van der Waals surface area contributed by atoms with Gasteiger partial charge in [-0.3, -0.25) is 0 Å². The molecule has 1 amide bonds. The molecule has 0 spiro atoms. The molecule has 154 valence electrons. The van der Waals surface area contributed by atoms with Crippen LogP contribution in [0.1, 0.15) is 47.3 Å². The van der Waals surface area contributed by atoms with E-state index in [2.05, 4.69) is 0 Å². The molecule has 6 heteroatoms. The van der Waals surface area contributed by atoms with Gasteiger partial charge >= 0.3 is 12.1 Å². The van der Waals surface area contributed by atoms with Crippen LogP contribution in [0.25, 0.3) is 0 Å². The van der Waals surface area contributed by atoms with Crippen LogP contribution in [0.3, 0.4) is 0 Å². The minimum Gasteiger partial charge on any atom is -0.465 e. The van der Waals surface area contributed by atoms with E-state index in [0.717, 1.165) is 17.5 Å². The van der Waals surface area contributed by atoms with Crippen molar-refractivity contribution in [1.82, 2.24) is 4.90 Å². The van der Waals surface area contributed by atoms with E-state index in [4.69, 9.17) is 14.2 Å². The highest BCUT2D eigenvalue weighted by Crippen LogP contribution is 2.33. The third kappa shape index (κ3) is 5.35. The van der Waals surface area contributed by atoms with Gasteiger partial charge in [0.2, 0.25) is 0 Å². The summed E-state index contributed by atoms with van der Waals surface area (Å²) in [4.78, 5) is 26.3. The van der Waals surface area contributed by atoms with Crippen LogP contribution in [0, 0.1) is 0 Å². The third-order valence-electron chi connectivity index (χ3n) is 5.11. The highest BCUT2D eigenvalue weighted by Gasteiger charge is 2.34. The lowest BCUT2D eigenvalue weighted by Gasteiger charge is -2.38. The van der Waals surface area contributed by atoms with Crippen molar-refractivity contribution >= 4 is 12.1 Å². The van der Waals surface area contributed by atoms with Crippen LogP contribution < -0.4 is 0 Å². The highest BCUT2D eigenvalue weighted by molar-refractivity contribution is 5.89. The third-order valence-corrected chi connectivity index (χ3v) is 5.11. The van der Waals surface area contributed by atoms with E-state index < -0.39 is 0 Å². The average Bonchev–Trinajstić information content (AvgIpc) is 2.78. The number of amides is 1. The predicted molar refractivity (Wildman–Crippen MR) is 109 cm³/mol. The number of nitrogens with zero attached hydrogens (tertiary/aromatic N) is 1. The number of carbonyl (C=O) groups is 2. The molecule has 0 aliphatic carbocycles. The topological polar surface area (TPSA) is 65.1 Å². The quantitative estimate of drug-likeness (QED) is 0.678. The summed E-state index contributed by atoms with van der Waals surface area (Å²) in [6, 6.07) is 16.6. The number of likely N-dealkylation sites (tertiary alicyclic amines) is 1. The van der Waals surface area contributed by atoms with Crippen molar-refractivity contribution in [2.45, 2.75) is 38.5 Å². The Hall–Kier alpha value is -2.86. The van der Waals surface area contributed by atoms with Crippen molar-refractivity contribution in [2.75, 3.05) is 20.3 Å². The Morgan fingerprint density at radius 2 is 1.79 bits per heavy atom. The minimum absolute atomic E-state index is 0.0865. The Morgan fingerprint density at radius 3 is 2.45 bits per heavy atom. The fourth-order valence-corrected chi connectivity index (χ4v) is 3.62. The van der Waals surface area contributed by atoms with Crippen LogP contribution in [0.15, 0.2) is 54.6 Å². The van der Waals surface area contributed by atoms with Gasteiger partial charge in [0.15, 0.2) is 0 Å². The second-order valence-electron chi connectivity index (χ2n) is 6.96. The fraction of sp³-hybridized carbons (Fsp3) is 0.391. The van der Waals surface area contributed by atoms with Gasteiger partial charge < -0.3 is 19.1 Å². The van der Waals surface area contributed by atoms with Crippen LogP contribution in [0.5, 0.6) is 0 Å². The molecule has 1 heterocycles. The van der Waals surface area contributed by atoms with E-state index in [1.807, 2.05) is 49.4 Å². The lowest BCUT2D eigenvalue weighted by molar-refractivity contribution is -0.0125. The maximum Gasteiger partial charge on any atom is 0.410 e. The molecule has 3 rings (SSSR count). The number of hydrogen-bond acceptors (Lipinski definition) is 5. The Morgan fingerprint density at radius 1 is 1.07 bits per heavy atom. The van der Waals surface area contributed by atoms with E-state index in [-0.39, 0.29) is 30.8 Å². The molecule has 1 fully saturated rings. The summed E-state index contributed by atoms with van der Waals surface area (Å²) in [6.07, 6.45) is 1.20. The first kappa shape index (κ1) is 20.9. The molecule has 0 radical (unpaired) electrons. The van der Waals surface area contributed by atoms with Crippen LogP contribution in [0.2, 0.25) is 0 Å². The van der Waals surface area contributed by atoms with E-state index in [9.17, 15) is 9.59 Å². The van der Waals surface area contributed by atoms with Crippen LogP contribution in [0.4, 0.5) is 4.79 Å². The van der Waals surface area contributed by atoms with Gasteiger partial charge in [-0.2, -0.15) is 0 Å². The predicted octanol–water partition coefficient (Wildman–Crippen LogP) is 4.35. The number of ether oxygens (including phenoxy) is 3. The Labute approximate surface area is 171 Å². The molecule has 1 aliphatic rings. The van der Waals surface area contributed by atoms with Gasteiger partial charge in [-0.1, -0.05) is 42.5 Å². The van der Waals surface area contributed by atoms with Gasteiger partial charge in [0.1, 0.15) is 6.61 Å². The van der Waals surface area contributed by atoms with E-state index in [0.29, 0.717) is 25.1 Å². The molecule has 2 atom stereocenters. The van der Waals surface area contributed by atoms with Gasteiger partial charge in [0.25, 0.3) is 0 Å². The second kappa shape index (κ2) is 10.1. The average molecular weight is 397 g/mol. The van der Waals surface area contributed by atoms with Gasteiger partial charge in [-0.25, -0.2) is 9.59 Å². The Bertz CT molecular complexity index is 806. The zero-order valence-corrected chi connectivity index (χ0v) is 16.9. The smallest absolute Gasteiger partial charge is 0.410 e. The number of carbonyl (C=O) groups excluding carboxylic acids is 2. The zero-order valence-electron chi connectivity index (χ0n) is 16.9. The normalized spacial score (nSPS) is 18.9. The summed E-state index contributed by atoms with van der Waals surface area (Å²) >= 11 is 0. The molecule has 0 aromatic heterocycles. The number of rotatable bonds is 6. The summed E-state index contributed by atoms with van der Waals surface area (Å²) < 4.78 is 16.1. The molecule has 0 saturated carbocycles. The summed E-state index contributed by atoms with van der Waals surface area (Å²) in [6.45, 7) is 3.40. The first-order valence-electron chi connectivity index (χ1n) is 9.89. The van der Waals surface area contributed by atoms with Crippen molar-refractivity contribution in [3.8, 4) is 0 Å². The molecule has 29 heavy (non-hydrogen) atoms. The lowest BCUT2D eigenvalue weighted by Crippen LogP contribution is -2.43. The van der Waals surface area contributed by atoms with E-state index in [1.165, 1.54) is 7.11 Å². The number of piperidine rings is 1. The fourth-order valence-electron chi connectivity index (χ4n) is 3.62. The Kier molecular flexibility index (Phi) is 7.25. The van der Waals surface area contributed by atoms with Crippen molar-refractivity contribution in [1.29, 1.82) is 0 Å². The van der Waals surface area contributed by atoms with Gasteiger partial charge in [0, 0.05) is 13.2 Å². The monoisotopic (exact) mass is 397 g/mol. The maximum absolute atomic E-state index is 12.8. The van der Waals surface area contributed by atoms with Crippen molar-refractivity contribution in [3.05, 3.63) is 71.3 Å². The minimum atomic E-state index is -0.383. The first-order chi connectivity index (χ1) is 14.1. The lowest BCUT2D eigenvalue weighted by atomic mass is 9.93. The molecule has 2 unspecified atom stereocenters. The SMILES string of the molecule is CCOC1CCN(C(=O)OCc2ccccc2)C(c2ccc(C(=O)OC)cc2)C1. The Balaban J connectivity index is 1.74. The van der Waals surface area contributed by atoms with Crippen molar-refractivity contribution in [2.24, 2.45) is 0 Å². The second-order valence-corrected chi connectivity index (χ2v) is 6.96. The summed E-state index contributed by atoms with van der Waals surface area (Å²) in [5, 5.41) is 0. The van der Waals surface area contributed by atoms with Gasteiger partial charge in [0.05, 0.1) is 24.8 Å². The van der Waals surface area contributed by atoms with E-state index >= 15 is 0 Å².